The molecule has 0 bridgehead atoms. The van der Waals surface area contributed by atoms with Crippen molar-refractivity contribution < 1.29 is 4.74 Å². The third-order valence-corrected chi connectivity index (χ3v) is 7.32. The first kappa shape index (κ1) is 15.0. The average Bonchev–Trinajstić information content (AvgIpc) is 2.89. The van der Waals surface area contributed by atoms with Crippen molar-refractivity contribution in [1.82, 2.24) is 5.32 Å². The maximum Gasteiger partial charge on any atom is 0.0576 e. The van der Waals surface area contributed by atoms with E-state index >= 15 is 0 Å². The second kappa shape index (κ2) is 8.03. The van der Waals surface area contributed by atoms with Gasteiger partial charge in [0.15, 0.2) is 0 Å². The van der Waals surface area contributed by atoms with Gasteiger partial charge in [-0.3, -0.25) is 0 Å². The molecule has 2 heterocycles. The molecule has 2 aliphatic heterocycles. The fourth-order valence-corrected chi connectivity index (χ4v) is 6.04. The van der Waals surface area contributed by atoms with Gasteiger partial charge in [-0.1, -0.05) is 6.92 Å². The first-order chi connectivity index (χ1) is 8.81. The van der Waals surface area contributed by atoms with E-state index < -0.39 is 0 Å². The predicted molar refractivity (Wildman–Crippen MR) is 83.8 cm³/mol. The molecule has 0 saturated carbocycles. The molecule has 4 heteroatoms. The van der Waals surface area contributed by atoms with E-state index in [1.807, 2.05) is 0 Å². The molecule has 0 radical (unpaired) electrons. The third-order valence-electron chi connectivity index (χ3n) is 4.07. The molecular formula is C14H27NOS2. The van der Waals surface area contributed by atoms with Gasteiger partial charge in [0.2, 0.25) is 0 Å². The molecule has 2 saturated heterocycles. The molecule has 0 aromatic carbocycles. The van der Waals surface area contributed by atoms with Gasteiger partial charge >= 0.3 is 0 Å². The van der Waals surface area contributed by atoms with Crippen LogP contribution >= 0.6 is 23.5 Å². The highest BCUT2D eigenvalue weighted by molar-refractivity contribution is 8.07. The lowest BCUT2D eigenvalue weighted by atomic mass is 10.0. The van der Waals surface area contributed by atoms with Crippen LogP contribution in [-0.2, 0) is 4.74 Å². The van der Waals surface area contributed by atoms with Gasteiger partial charge in [0.25, 0.3) is 0 Å². The van der Waals surface area contributed by atoms with E-state index in [9.17, 15) is 0 Å². The molecule has 0 aromatic rings. The Balaban J connectivity index is 1.70. The Morgan fingerprint density at radius 1 is 1.33 bits per heavy atom. The lowest BCUT2D eigenvalue weighted by Crippen LogP contribution is -2.42. The van der Waals surface area contributed by atoms with E-state index in [-0.39, 0.29) is 0 Å². The Bertz CT molecular complexity index is 234. The lowest BCUT2D eigenvalue weighted by Gasteiger charge is -2.34. The molecule has 2 aliphatic rings. The highest BCUT2D eigenvalue weighted by Crippen LogP contribution is 2.34. The zero-order valence-corrected chi connectivity index (χ0v) is 13.3. The fourth-order valence-electron chi connectivity index (χ4n) is 3.00. The van der Waals surface area contributed by atoms with E-state index in [2.05, 4.69) is 42.8 Å². The summed E-state index contributed by atoms with van der Waals surface area (Å²) in [5.41, 5.74) is 0. The second-order valence-corrected chi connectivity index (χ2v) is 8.14. The Hall–Kier alpha value is 0.620. The highest BCUT2D eigenvalue weighted by Gasteiger charge is 2.29. The molecular weight excluding hydrogens is 262 g/mol. The van der Waals surface area contributed by atoms with Gasteiger partial charge in [0.1, 0.15) is 0 Å². The number of ether oxygens (including phenoxy) is 1. The van der Waals surface area contributed by atoms with Crippen molar-refractivity contribution in [2.45, 2.75) is 61.7 Å². The monoisotopic (exact) mass is 289 g/mol. The van der Waals surface area contributed by atoms with Crippen molar-refractivity contribution in [3.05, 3.63) is 0 Å². The summed E-state index contributed by atoms with van der Waals surface area (Å²) in [6.07, 6.45) is 7.00. The molecule has 106 valence electrons. The Labute approximate surface area is 120 Å². The summed E-state index contributed by atoms with van der Waals surface area (Å²) in [4.78, 5) is 0. The molecule has 0 spiro atoms. The minimum atomic E-state index is 0.563. The molecule has 0 amide bonds. The molecule has 0 aliphatic carbocycles. The van der Waals surface area contributed by atoms with Crippen LogP contribution < -0.4 is 5.32 Å². The van der Waals surface area contributed by atoms with E-state index in [0.717, 1.165) is 17.1 Å². The molecule has 1 N–H and O–H groups in total. The van der Waals surface area contributed by atoms with Crippen molar-refractivity contribution in [2.24, 2.45) is 0 Å². The Morgan fingerprint density at radius 2 is 2.17 bits per heavy atom. The van der Waals surface area contributed by atoms with Gasteiger partial charge in [-0.25, -0.2) is 0 Å². The summed E-state index contributed by atoms with van der Waals surface area (Å²) in [6, 6.07) is 0.680. The number of rotatable bonds is 6. The normalized spacial score (nSPS) is 34.7. The summed E-state index contributed by atoms with van der Waals surface area (Å²) >= 11 is 4.32. The highest BCUT2D eigenvalue weighted by atomic mass is 32.2. The van der Waals surface area contributed by atoms with Crippen LogP contribution in [0.3, 0.4) is 0 Å². The maximum absolute atomic E-state index is 5.71. The molecule has 2 rings (SSSR count). The maximum atomic E-state index is 5.71. The first-order valence-corrected chi connectivity index (χ1v) is 9.43. The Morgan fingerprint density at radius 3 is 2.83 bits per heavy atom. The molecule has 0 aromatic heterocycles. The van der Waals surface area contributed by atoms with Gasteiger partial charge in [0.05, 0.1) is 6.10 Å². The summed E-state index contributed by atoms with van der Waals surface area (Å²) in [5.74, 6) is 2.65. The summed E-state index contributed by atoms with van der Waals surface area (Å²) in [6.45, 7) is 3.39. The van der Waals surface area contributed by atoms with Gasteiger partial charge in [-0.15, -0.1) is 0 Å². The molecule has 18 heavy (non-hydrogen) atoms. The van der Waals surface area contributed by atoms with E-state index in [1.165, 1.54) is 43.6 Å². The van der Waals surface area contributed by atoms with Crippen molar-refractivity contribution in [3.8, 4) is 0 Å². The van der Waals surface area contributed by atoms with Crippen molar-refractivity contribution in [1.29, 1.82) is 0 Å². The van der Waals surface area contributed by atoms with Crippen LogP contribution in [0.15, 0.2) is 0 Å². The van der Waals surface area contributed by atoms with Crippen LogP contribution in [0.1, 0.15) is 39.0 Å². The SMILES string of the molecule is CNC(CCCC1CCCO1)C1SCCSC1C. The zero-order chi connectivity index (χ0) is 12.8. The largest absolute Gasteiger partial charge is 0.378 e. The average molecular weight is 290 g/mol. The van der Waals surface area contributed by atoms with Crippen molar-refractivity contribution in [2.75, 3.05) is 25.2 Å². The number of nitrogens with one attached hydrogen (secondary N) is 1. The van der Waals surface area contributed by atoms with E-state index in [1.54, 1.807) is 0 Å². The lowest BCUT2D eigenvalue weighted by molar-refractivity contribution is 0.101. The third kappa shape index (κ3) is 4.32. The zero-order valence-electron chi connectivity index (χ0n) is 11.7. The summed E-state index contributed by atoms with van der Waals surface area (Å²) < 4.78 is 5.71. The number of hydrogen-bond donors (Lipinski definition) is 1. The summed E-state index contributed by atoms with van der Waals surface area (Å²) in [5, 5.41) is 5.14. The van der Waals surface area contributed by atoms with Gasteiger partial charge in [-0.05, 0) is 39.2 Å². The number of thioether (sulfide) groups is 2. The second-order valence-electron chi connectivity index (χ2n) is 5.37. The first-order valence-electron chi connectivity index (χ1n) is 7.33. The van der Waals surface area contributed by atoms with Gasteiger partial charge in [-0.2, -0.15) is 23.5 Å². The topological polar surface area (TPSA) is 21.3 Å². The van der Waals surface area contributed by atoms with Crippen LogP contribution in [0, 0.1) is 0 Å². The fraction of sp³-hybridized carbons (Fsp3) is 1.00. The summed E-state index contributed by atoms with van der Waals surface area (Å²) in [7, 11) is 2.13. The van der Waals surface area contributed by atoms with Crippen LogP contribution in [0.4, 0.5) is 0 Å². The minimum absolute atomic E-state index is 0.563. The smallest absolute Gasteiger partial charge is 0.0576 e. The van der Waals surface area contributed by atoms with Crippen molar-refractivity contribution >= 4 is 23.5 Å². The van der Waals surface area contributed by atoms with Crippen LogP contribution in [-0.4, -0.2) is 47.8 Å². The number of hydrogen-bond acceptors (Lipinski definition) is 4. The predicted octanol–water partition coefficient (Wildman–Crippen LogP) is 3.16. The quantitative estimate of drug-likeness (QED) is 0.810. The molecule has 2 fully saturated rings. The minimum Gasteiger partial charge on any atom is -0.378 e. The van der Waals surface area contributed by atoms with Gasteiger partial charge < -0.3 is 10.1 Å². The Kier molecular flexibility index (Phi) is 6.70. The molecule has 4 unspecified atom stereocenters. The van der Waals surface area contributed by atoms with Gasteiger partial charge in [0, 0.05) is 34.7 Å². The standard InChI is InChI=1S/C14H27NOS2/c1-11-14(18-10-9-17-11)13(15-2)7-3-5-12-6-4-8-16-12/h11-15H,3-10H2,1-2H3. The molecule has 2 nitrogen and oxygen atoms in total. The van der Waals surface area contributed by atoms with E-state index in [0.29, 0.717) is 12.1 Å². The van der Waals surface area contributed by atoms with Crippen LogP contribution in [0.2, 0.25) is 0 Å². The van der Waals surface area contributed by atoms with E-state index in [4.69, 9.17) is 4.74 Å². The van der Waals surface area contributed by atoms with Crippen LogP contribution in [0.5, 0.6) is 0 Å². The van der Waals surface area contributed by atoms with Crippen LogP contribution in [0.25, 0.3) is 0 Å². The van der Waals surface area contributed by atoms with Crippen molar-refractivity contribution in [3.63, 3.8) is 0 Å². The molecule has 4 atom stereocenters.